The van der Waals surface area contributed by atoms with Gasteiger partial charge in [-0.25, -0.2) is 9.78 Å². The van der Waals surface area contributed by atoms with Crippen molar-refractivity contribution >= 4 is 5.94 Å². The largest absolute Gasteiger partial charge is 0.487 e. The molecule has 0 N–H and O–H groups in total. The van der Waals surface area contributed by atoms with E-state index in [9.17, 15) is 4.79 Å². The van der Waals surface area contributed by atoms with Crippen LogP contribution in [0.15, 0.2) is 96.8 Å². The molecule has 0 saturated carbocycles. The number of aromatic nitrogens is 2. The lowest BCUT2D eigenvalue weighted by atomic mass is 10.0. The summed E-state index contributed by atoms with van der Waals surface area (Å²) in [6.45, 7) is 3.27. The lowest BCUT2D eigenvalue weighted by molar-refractivity contribution is 0.219. The van der Waals surface area contributed by atoms with Gasteiger partial charge < -0.3 is 9.30 Å². The molecule has 4 rings (SSSR count). The number of hydrogen-bond acceptors (Lipinski definition) is 3. The average molecular weight is 465 g/mol. The highest BCUT2D eigenvalue weighted by Crippen LogP contribution is 2.36. The topological polar surface area (TPSA) is 44.1 Å². The molecule has 35 heavy (non-hydrogen) atoms. The van der Waals surface area contributed by atoms with Gasteiger partial charge in [0.1, 0.15) is 5.82 Å². The van der Waals surface area contributed by atoms with Gasteiger partial charge in [0.25, 0.3) is 0 Å². The molecule has 4 nitrogen and oxygen atoms in total. The number of carbonyl (C=O) groups excluding carboxylic acids is 1. The normalized spacial score (nSPS) is 10.7. The first kappa shape index (κ1) is 24.3. The molecule has 0 aliphatic carbocycles. The fourth-order valence-electron chi connectivity index (χ4n) is 4.40. The molecule has 0 saturated heterocycles. The summed E-state index contributed by atoms with van der Waals surface area (Å²) in [4.78, 5) is 16.2. The number of hydrogen-bond donors (Lipinski definition) is 0. The van der Waals surface area contributed by atoms with Crippen LogP contribution < -0.4 is 0 Å². The summed E-state index contributed by atoms with van der Waals surface area (Å²) >= 11 is 0. The van der Waals surface area contributed by atoms with Gasteiger partial charge in [0.2, 0.25) is 0 Å². The highest BCUT2D eigenvalue weighted by atomic mass is 16.5. The predicted molar refractivity (Wildman–Crippen MR) is 142 cm³/mol. The Hall–Kier alpha value is -3.88. The third kappa shape index (κ3) is 6.17. The van der Waals surface area contributed by atoms with Crippen molar-refractivity contribution in [3.05, 3.63) is 96.8 Å². The molecule has 1 aromatic heterocycles. The predicted octanol–water partition coefficient (Wildman–Crippen LogP) is 7.59. The van der Waals surface area contributed by atoms with E-state index in [1.807, 2.05) is 25.0 Å². The quantitative estimate of drug-likeness (QED) is 0.123. The Morgan fingerprint density at radius 1 is 0.771 bits per heavy atom. The fraction of sp³-hybridized carbons (Fsp3) is 0.258. The summed E-state index contributed by atoms with van der Waals surface area (Å²) in [5.41, 5.74) is 5.56. The van der Waals surface area contributed by atoms with E-state index < -0.39 is 0 Å². The monoisotopic (exact) mass is 464 g/mol. The highest BCUT2D eigenvalue weighted by Gasteiger charge is 2.20. The Bertz CT molecular complexity index is 1240. The van der Waals surface area contributed by atoms with Gasteiger partial charge in [-0.05, 0) is 19.8 Å². The maximum absolute atomic E-state index is 11.0. The van der Waals surface area contributed by atoms with Crippen LogP contribution in [0.25, 0.3) is 33.9 Å². The number of benzene rings is 3. The van der Waals surface area contributed by atoms with Crippen LogP contribution in [0.5, 0.6) is 0 Å². The minimum atomic E-state index is 0.437. The molecule has 3 aromatic carbocycles. The lowest BCUT2D eigenvalue weighted by Crippen LogP contribution is -2.03. The van der Waals surface area contributed by atoms with Crippen molar-refractivity contribution in [2.75, 3.05) is 6.61 Å². The minimum Gasteiger partial charge on any atom is -0.487 e. The van der Waals surface area contributed by atoms with Crippen molar-refractivity contribution < 1.29 is 9.53 Å². The Balaban J connectivity index is 1.63. The van der Waals surface area contributed by atoms with Gasteiger partial charge in [0.05, 0.1) is 18.0 Å². The zero-order valence-electron chi connectivity index (χ0n) is 20.3. The molecule has 1 heterocycles. The van der Waals surface area contributed by atoms with Gasteiger partial charge in [-0.1, -0.05) is 104 Å². The van der Waals surface area contributed by atoms with Gasteiger partial charge in [-0.3, -0.25) is 0 Å². The van der Waals surface area contributed by atoms with E-state index >= 15 is 0 Å². The van der Waals surface area contributed by atoms with E-state index in [2.05, 4.69) is 83.4 Å². The first-order valence-corrected chi connectivity index (χ1v) is 12.5. The van der Waals surface area contributed by atoms with Crippen LogP contribution in [0.3, 0.4) is 0 Å². The Morgan fingerprint density at radius 2 is 1.34 bits per heavy atom. The second kappa shape index (κ2) is 12.5. The van der Waals surface area contributed by atoms with E-state index in [-0.39, 0.29) is 0 Å². The molecule has 178 valence electrons. The SMILES string of the molecule is CCOC(=C=O)CCCCCCn1c(-c2ccccc2)nc(-c2ccccc2)c1-c1ccccc1. The van der Waals surface area contributed by atoms with Gasteiger partial charge in [-0.15, -0.1) is 0 Å². The molecule has 0 bridgehead atoms. The van der Waals surface area contributed by atoms with Gasteiger partial charge in [0, 0.05) is 29.7 Å². The van der Waals surface area contributed by atoms with Crippen molar-refractivity contribution in [3.63, 3.8) is 0 Å². The number of allylic oxidation sites excluding steroid dienone is 1. The van der Waals surface area contributed by atoms with Gasteiger partial charge >= 0.3 is 0 Å². The third-order valence-corrected chi connectivity index (χ3v) is 6.06. The maximum atomic E-state index is 11.0. The Kier molecular flexibility index (Phi) is 8.69. The molecule has 0 fully saturated rings. The molecule has 0 unspecified atom stereocenters. The molecule has 0 atom stereocenters. The van der Waals surface area contributed by atoms with E-state index in [0.717, 1.165) is 60.6 Å². The molecule has 0 spiro atoms. The van der Waals surface area contributed by atoms with Crippen LogP contribution in [0.4, 0.5) is 0 Å². The standard InChI is InChI=1S/C31H32N2O2/c1-2-35-28(24-34)22-14-3-4-15-23-33-30(26-18-10-6-11-19-26)29(25-16-8-5-9-17-25)32-31(33)27-20-12-7-13-21-27/h5-13,16-21H,2-4,14-15,22-23H2,1H3. The summed E-state index contributed by atoms with van der Waals surface area (Å²) < 4.78 is 7.70. The number of imidazole rings is 1. The number of nitrogens with zero attached hydrogens (tertiary/aromatic N) is 2. The summed E-state index contributed by atoms with van der Waals surface area (Å²) in [5, 5.41) is 0. The van der Waals surface area contributed by atoms with Crippen molar-refractivity contribution in [2.45, 2.75) is 45.6 Å². The van der Waals surface area contributed by atoms with Crippen LogP contribution in [-0.4, -0.2) is 22.1 Å². The fourth-order valence-corrected chi connectivity index (χ4v) is 4.40. The lowest BCUT2D eigenvalue weighted by Gasteiger charge is -2.14. The van der Waals surface area contributed by atoms with Crippen LogP contribution in [-0.2, 0) is 16.1 Å². The molecule has 4 heteroatoms. The Morgan fingerprint density at radius 3 is 1.94 bits per heavy atom. The molecule has 0 amide bonds. The number of rotatable bonds is 12. The van der Waals surface area contributed by atoms with Gasteiger partial charge in [-0.2, -0.15) is 0 Å². The molecular formula is C31H32N2O2. The smallest absolute Gasteiger partial charge is 0.179 e. The Labute approximate surface area is 207 Å². The zero-order valence-corrected chi connectivity index (χ0v) is 20.3. The van der Waals surface area contributed by atoms with E-state index in [1.165, 1.54) is 5.56 Å². The van der Waals surface area contributed by atoms with E-state index in [4.69, 9.17) is 9.72 Å². The van der Waals surface area contributed by atoms with Crippen molar-refractivity contribution in [1.82, 2.24) is 9.55 Å². The molecule has 0 aliphatic rings. The minimum absolute atomic E-state index is 0.437. The first-order chi connectivity index (χ1) is 17.3. The van der Waals surface area contributed by atoms with Crippen LogP contribution in [0.2, 0.25) is 0 Å². The summed E-state index contributed by atoms with van der Waals surface area (Å²) in [6, 6.07) is 31.4. The average Bonchev–Trinajstić information content (AvgIpc) is 3.31. The first-order valence-electron chi connectivity index (χ1n) is 12.5. The second-order valence-electron chi connectivity index (χ2n) is 8.50. The highest BCUT2D eigenvalue weighted by molar-refractivity contribution is 5.82. The summed E-state index contributed by atoms with van der Waals surface area (Å²) in [6.07, 6.45) is 4.73. The third-order valence-electron chi connectivity index (χ3n) is 6.06. The van der Waals surface area contributed by atoms with Gasteiger partial charge in [0.15, 0.2) is 11.7 Å². The second-order valence-corrected chi connectivity index (χ2v) is 8.50. The van der Waals surface area contributed by atoms with Crippen molar-refractivity contribution in [1.29, 1.82) is 0 Å². The number of unbranched alkanes of at least 4 members (excludes halogenated alkanes) is 3. The molecular weight excluding hydrogens is 432 g/mol. The van der Waals surface area contributed by atoms with Crippen LogP contribution >= 0.6 is 0 Å². The summed E-state index contributed by atoms with van der Waals surface area (Å²) in [7, 11) is 0. The number of ether oxygens (including phenoxy) is 1. The molecule has 0 radical (unpaired) electrons. The van der Waals surface area contributed by atoms with E-state index in [1.54, 1.807) is 0 Å². The molecule has 0 aliphatic heterocycles. The van der Waals surface area contributed by atoms with Crippen LogP contribution in [0, 0.1) is 0 Å². The summed E-state index contributed by atoms with van der Waals surface area (Å²) in [5.74, 6) is 3.35. The maximum Gasteiger partial charge on any atom is 0.179 e. The van der Waals surface area contributed by atoms with Crippen molar-refractivity contribution in [3.8, 4) is 33.9 Å². The van der Waals surface area contributed by atoms with Crippen LogP contribution in [0.1, 0.15) is 39.0 Å². The van der Waals surface area contributed by atoms with Crippen molar-refractivity contribution in [2.24, 2.45) is 0 Å². The molecule has 4 aromatic rings. The zero-order chi connectivity index (χ0) is 24.3. The van der Waals surface area contributed by atoms with E-state index in [0.29, 0.717) is 18.8 Å².